The molecule has 2 fully saturated rings. The van der Waals surface area contributed by atoms with Crippen LogP contribution in [-0.2, 0) is 0 Å². The summed E-state index contributed by atoms with van der Waals surface area (Å²) in [5.41, 5.74) is 2.03. The zero-order valence-electron chi connectivity index (χ0n) is 18.3. The third-order valence-corrected chi connectivity index (χ3v) is 6.21. The van der Waals surface area contributed by atoms with Crippen LogP contribution in [0, 0.1) is 5.92 Å². The standard InChI is InChI=1S/C24H34N6O/c31-22(20-5-7-21(8-6-20)30-16-1-2-17-30)4-3-12-26-23-11-15-27-24(29-23)28-18-19-9-13-25-14-10-19/h5-8,11,15,19,25H,1-4,9-10,12-14,16-18H2,(H2,26,27,28,29). The van der Waals surface area contributed by atoms with Crippen molar-refractivity contribution < 1.29 is 4.79 Å². The van der Waals surface area contributed by atoms with Crippen molar-refractivity contribution in [3.63, 3.8) is 0 Å². The van der Waals surface area contributed by atoms with Crippen molar-refractivity contribution in [1.82, 2.24) is 15.3 Å². The molecule has 0 amide bonds. The monoisotopic (exact) mass is 422 g/mol. The molecule has 1 aromatic heterocycles. The number of aromatic nitrogens is 2. The molecule has 0 radical (unpaired) electrons. The number of benzene rings is 1. The van der Waals surface area contributed by atoms with E-state index in [1.54, 1.807) is 6.20 Å². The molecule has 0 unspecified atom stereocenters. The second kappa shape index (κ2) is 11.1. The largest absolute Gasteiger partial charge is 0.372 e. The van der Waals surface area contributed by atoms with Gasteiger partial charge in [-0.2, -0.15) is 4.98 Å². The van der Waals surface area contributed by atoms with Gasteiger partial charge in [-0.05, 0) is 81.4 Å². The van der Waals surface area contributed by atoms with E-state index in [1.807, 2.05) is 18.2 Å². The molecule has 0 spiro atoms. The van der Waals surface area contributed by atoms with Crippen LogP contribution in [0.4, 0.5) is 17.5 Å². The van der Waals surface area contributed by atoms with Gasteiger partial charge in [-0.1, -0.05) is 0 Å². The van der Waals surface area contributed by atoms with Crippen molar-refractivity contribution in [2.24, 2.45) is 5.92 Å². The molecule has 0 aliphatic carbocycles. The van der Waals surface area contributed by atoms with Gasteiger partial charge in [0.15, 0.2) is 5.78 Å². The summed E-state index contributed by atoms with van der Waals surface area (Å²) in [4.78, 5) is 23.7. The smallest absolute Gasteiger partial charge is 0.224 e. The first-order valence-electron chi connectivity index (χ1n) is 11.7. The van der Waals surface area contributed by atoms with E-state index in [9.17, 15) is 4.79 Å². The zero-order valence-corrected chi connectivity index (χ0v) is 18.3. The van der Waals surface area contributed by atoms with E-state index in [4.69, 9.17) is 0 Å². The number of hydrogen-bond donors (Lipinski definition) is 3. The van der Waals surface area contributed by atoms with E-state index in [1.165, 1.54) is 31.4 Å². The summed E-state index contributed by atoms with van der Waals surface area (Å²) < 4.78 is 0. The van der Waals surface area contributed by atoms with Crippen molar-refractivity contribution in [2.45, 2.75) is 38.5 Å². The molecule has 7 nitrogen and oxygen atoms in total. The molecule has 31 heavy (non-hydrogen) atoms. The molecule has 2 saturated heterocycles. The summed E-state index contributed by atoms with van der Waals surface area (Å²) >= 11 is 0. The number of carbonyl (C=O) groups excluding carboxylic acids is 1. The van der Waals surface area contributed by atoms with Crippen LogP contribution in [0.1, 0.15) is 48.9 Å². The highest BCUT2D eigenvalue weighted by Gasteiger charge is 2.14. The maximum atomic E-state index is 12.5. The molecule has 7 heteroatoms. The minimum atomic E-state index is 0.196. The number of nitrogens with zero attached hydrogens (tertiary/aromatic N) is 3. The number of piperidine rings is 1. The summed E-state index contributed by atoms with van der Waals surface area (Å²) in [6.07, 6.45) is 7.98. The van der Waals surface area contributed by atoms with Gasteiger partial charge >= 0.3 is 0 Å². The predicted molar refractivity (Wildman–Crippen MR) is 126 cm³/mol. The van der Waals surface area contributed by atoms with Gasteiger partial charge in [-0.3, -0.25) is 4.79 Å². The van der Waals surface area contributed by atoms with Crippen LogP contribution in [0.15, 0.2) is 36.5 Å². The Morgan fingerprint density at radius 1 is 1.06 bits per heavy atom. The average molecular weight is 423 g/mol. The molecule has 2 aliphatic rings. The Kier molecular flexibility index (Phi) is 7.71. The molecule has 1 aromatic carbocycles. The molecule has 4 rings (SSSR count). The van der Waals surface area contributed by atoms with E-state index < -0.39 is 0 Å². The highest BCUT2D eigenvalue weighted by molar-refractivity contribution is 5.96. The second-order valence-electron chi connectivity index (χ2n) is 8.53. The fourth-order valence-corrected chi connectivity index (χ4v) is 4.31. The summed E-state index contributed by atoms with van der Waals surface area (Å²) in [6, 6.07) is 9.96. The summed E-state index contributed by atoms with van der Waals surface area (Å²) in [6.45, 7) is 6.05. The fraction of sp³-hybridized carbons (Fsp3) is 0.542. The van der Waals surface area contributed by atoms with Gasteiger partial charge in [0.1, 0.15) is 5.82 Å². The number of ketones is 1. The number of carbonyl (C=O) groups is 1. The first kappa shape index (κ1) is 21.6. The first-order chi connectivity index (χ1) is 15.3. The minimum Gasteiger partial charge on any atom is -0.372 e. The molecule has 0 atom stereocenters. The van der Waals surface area contributed by atoms with Crippen LogP contribution in [-0.4, -0.2) is 55.0 Å². The Bertz CT molecular complexity index is 828. The third kappa shape index (κ3) is 6.40. The normalized spacial score (nSPS) is 17.0. The molecule has 2 aromatic rings. The number of rotatable bonds is 10. The lowest BCUT2D eigenvalue weighted by atomic mass is 9.98. The van der Waals surface area contributed by atoms with Gasteiger partial charge in [0.2, 0.25) is 5.95 Å². The van der Waals surface area contributed by atoms with Crippen molar-refractivity contribution in [2.75, 3.05) is 54.8 Å². The summed E-state index contributed by atoms with van der Waals surface area (Å²) in [7, 11) is 0. The Labute approximate surface area is 185 Å². The molecule has 0 bridgehead atoms. The predicted octanol–water partition coefficient (Wildman–Crippen LogP) is 3.56. The number of anilines is 3. The third-order valence-electron chi connectivity index (χ3n) is 6.21. The zero-order chi connectivity index (χ0) is 21.3. The Morgan fingerprint density at radius 3 is 2.61 bits per heavy atom. The van der Waals surface area contributed by atoms with Gasteiger partial charge in [0, 0.05) is 50.0 Å². The summed E-state index contributed by atoms with van der Waals surface area (Å²) in [5, 5.41) is 10.1. The molecular weight excluding hydrogens is 388 g/mol. The molecular formula is C24H34N6O. The van der Waals surface area contributed by atoms with Crippen molar-refractivity contribution >= 4 is 23.2 Å². The van der Waals surface area contributed by atoms with Crippen molar-refractivity contribution in [1.29, 1.82) is 0 Å². The lowest BCUT2D eigenvalue weighted by Gasteiger charge is -2.22. The van der Waals surface area contributed by atoms with Crippen LogP contribution in [0.25, 0.3) is 0 Å². The molecule has 0 saturated carbocycles. The van der Waals surface area contributed by atoms with Gasteiger partial charge < -0.3 is 20.9 Å². The highest BCUT2D eigenvalue weighted by Crippen LogP contribution is 2.21. The maximum Gasteiger partial charge on any atom is 0.224 e. The van der Waals surface area contributed by atoms with Gasteiger partial charge in [0.25, 0.3) is 0 Å². The lowest BCUT2D eigenvalue weighted by molar-refractivity contribution is 0.0981. The maximum absolute atomic E-state index is 12.5. The van der Waals surface area contributed by atoms with Gasteiger partial charge in [0.05, 0.1) is 0 Å². The molecule has 2 aliphatic heterocycles. The van der Waals surface area contributed by atoms with E-state index in [-0.39, 0.29) is 5.78 Å². The quantitative estimate of drug-likeness (QED) is 0.399. The number of hydrogen-bond acceptors (Lipinski definition) is 7. The van der Waals surface area contributed by atoms with E-state index >= 15 is 0 Å². The Hall–Kier alpha value is -2.67. The molecule has 166 valence electrons. The second-order valence-corrected chi connectivity index (χ2v) is 8.53. The fourth-order valence-electron chi connectivity index (χ4n) is 4.31. The van der Waals surface area contributed by atoms with E-state index in [2.05, 4.69) is 43.0 Å². The van der Waals surface area contributed by atoms with Crippen LogP contribution in [0.5, 0.6) is 0 Å². The average Bonchev–Trinajstić information content (AvgIpc) is 3.37. The Balaban J connectivity index is 1.17. The number of Topliss-reactive ketones (excluding diaryl/α,β-unsaturated/α-hetero) is 1. The summed E-state index contributed by atoms with van der Waals surface area (Å²) in [5.74, 6) is 2.33. The first-order valence-corrected chi connectivity index (χ1v) is 11.7. The topological polar surface area (TPSA) is 82.2 Å². The van der Waals surface area contributed by atoms with Gasteiger partial charge in [-0.15, -0.1) is 0 Å². The Morgan fingerprint density at radius 2 is 1.84 bits per heavy atom. The lowest BCUT2D eigenvalue weighted by Crippen LogP contribution is -2.31. The van der Waals surface area contributed by atoms with E-state index in [0.29, 0.717) is 24.8 Å². The van der Waals surface area contributed by atoms with Crippen molar-refractivity contribution in [3.8, 4) is 0 Å². The SMILES string of the molecule is O=C(CCCNc1ccnc(NCC2CCNCC2)n1)c1ccc(N2CCCC2)cc1. The molecule has 3 heterocycles. The van der Waals surface area contributed by atoms with Crippen LogP contribution in [0.2, 0.25) is 0 Å². The van der Waals surface area contributed by atoms with Crippen LogP contribution in [0.3, 0.4) is 0 Å². The van der Waals surface area contributed by atoms with Crippen LogP contribution < -0.4 is 20.9 Å². The minimum absolute atomic E-state index is 0.196. The van der Waals surface area contributed by atoms with E-state index in [0.717, 1.165) is 50.5 Å². The number of nitrogens with one attached hydrogen (secondary N) is 3. The van der Waals surface area contributed by atoms with Crippen molar-refractivity contribution in [3.05, 3.63) is 42.1 Å². The van der Waals surface area contributed by atoms with Gasteiger partial charge in [-0.25, -0.2) is 4.98 Å². The molecule has 3 N–H and O–H groups in total. The van der Waals surface area contributed by atoms with Crippen LogP contribution >= 0.6 is 0 Å². The highest BCUT2D eigenvalue weighted by atomic mass is 16.1.